The molecule has 5 N–H and O–H groups in total. The van der Waals surface area contributed by atoms with Gasteiger partial charge in [-0.2, -0.15) is 0 Å². The summed E-state index contributed by atoms with van der Waals surface area (Å²) in [6, 6.07) is 4.71. The summed E-state index contributed by atoms with van der Waals surface area (Å²) in [5.41, 5.74) is 10.1. The summed E-state index contributed by atoms with van der Waals surface area (Å²) < 4.78 is 0. The second-order valence-electron chi connectivity index (χ2n) is 4.15. The molecule has 0 atom stereocenters. The highest BCUT2D eigenvalue weighted by molar-refractivity contribution is 6.36. The molecule has 1 rings (SSSR count). The Balaban J connectivity index is 2.99. The summed E-state index contributed by atoms with van der Waals surface area (Å²) in [5.74, 6) is -1.13. The number of nitrogens with one attached hydrogen (secondary N) is 1. The zero-order valence-corrected chi connectivity index (χ0v) is 10.3. The van der Waals surface area contributed by atoms with Gasteiger partial charge in [0.2, 0.25) is 5.91 Å². The number of anilines is 1. The highest BCUT2D eigenvalue weighted by atomic mass is 35.5. The predicted molar refractivity (Wildman–Crippen MR) is 66.6 cm³/mol. The molecule has 92 valence electrons. The molecule has 0 aliphatic carbocycles. The average Bonchev–Trinajstić information content (AvgIpc) is 2.21. The van der Waals surface area contributed by atoms with Gasteiger partial charge in [0.15, 0.2) is 0 Å². The molecular weight excluding hydrogens is 242 g/mol. The van der Waals surface area contributed by atoms with Crippen LogP contribution < -0.4 is 16.8 Å². The normalized spacial score (nSPS) is 11.0. The average molecular weight is 256 g/mol. The van der Waals surface area contributed by atoms with Crippen LogP contribution in [0.5, 0.6) is 0 Å². The summed E-state index contributed by atoms with van der Waals surface area (Å²) in [6.07, 6.45) is 0. The molecule has 0 aliphatic heterocycles. The third-order valence-corrected chi connectivity index (χ3v) is 2.74. The van der Waals surface area contributed by atoms with Gasteiger partial charge >= 0.3 is 0 Å². The maximum atomic E-state index is 11.9. The number of carbonyl (C=O) groups excluding carboxylic acids is 2. The molecule has 1 aromatic rings. The van der Waals surface area contributed by atoms with E-state index in [0.717, 1.165) is 0 Å². The molecule has 6 heteroatoms. The van der Waals surface area contributed by atoms with E-state index < -0.39 is 17.4 Å². The molecule has 0 saturated heterocycles. The number of nitrogens with two attached hydrogens (primary N) is 2. The first-order chi connectivity index (χ1) is 7.75. The lowest BCUT2D eigenvalue weighted by molar-refractivity contribution is -0.122. The number of hydrogen-bond donors (Lipinski definition) is 3. The minimum absolute atomic E-state index is 0.158. The standard InChI is InChI=1S/C11H14ClN3O2/c1-11(2,10(14)17)15-9(16)6-4-3-5-7(13)8(6)12/h3-5H,13H2,1-2H3,(H2,14,17)(H,15,16). The first-order valence-corrected chi connectivity index (χ1v) is 5.30. The lowest BCUT2D eigenvalue weighted by atomic mass is 10.0. The van der Waals surface area contributed by atoms with E-state index in [4.69, 9.17) is 23.1 Å². The fourth-order valence-electron chi connectivity index (χ4n) is 1.14. The molecule has 5 nitrogen and oxygen atoms in total. The van der Waals surface area contributed by atoms with Gasteiger partial charge in [0.05, 0.1) is 16.3 Å². The molecule has 0 aliphatic rings. The fraction of sp³-hybridized carbons (Fsp3) is 0.273. The zero-order chi connectivity index (χ0) is 13.2. The van der Waals surface area contributed by atoms with Crippen LogP contribution in [0.1, 0.15) is 24.2 Å². The van der Waals surface area contributed by atoms with Gasteiger partial charge in [-0.05, 0) is 26.0 Å². The molecule has 0 spiro atoms. The Morgan fingerprint density at radius 2 is 1.94 bits per heavy atom. The molecule has 0 bridgehead atoms. The third-order valence-electron chi connectivity index (χ3n) is 2.32. The van der Waals surface area contributed by atoms with Gasteiger partial charge in [-0.3, -0.25) is 9.59 Å². The van der Waals surface area contributed by atoms with Crippen LogP contribution in [0, 0.1) is 0 Å². The maximum Gasteiger partial charge on any atom is 0.253 e. The molecule has 0 fully saturated rings. The van der Waals surface area contributed by atoms with Crippen LogP contribution in [0.2, 0.25) is 5.02 Å². The number of halogens is 1. The lowest BCUT2D eigenvalue weighted by Crippen LogP contribution is -2.53. The van der Waals surface area contributed by atoms with E-state index in [1.54, 1.807) is 12.1 Å². The zero-order valence-electron chi connectivity index (χ0n) is 9.58. The Labute approximate surface area is 104 Å². The highest BCUT2D eigenvalue weighted by Crippen LogP contribution is 2.23. The van der Waals surface area contributed by atoms with E-state index in [0.29, 0.717) is 5.69 Å². The molecule has 1 aromatic carbocycles. The lowest BCUT2D eigenvalue weighted by Gasteiger charge is -2.22. The summed E-state index contributed by atoms with van der Waals surface area (Å²) >= 11 is 5.89. The topological polar surface area (TPSA) is 98.2 Å². The van der Waals surface area contributed by atoms with Gasteiger partial charge in [0, 0.05) is 0 Å². The van der Waals surface area contributed by atoms with Gasteiger partial charge < -0.3 is 16.8 Å². The van der Waals surface area contributed by atoms with E-state index in [1.807, 2.05) is 0 Å². The Bertz CT molecular complexity index is 472. The summed E-state index contributed by atoms with van der Waals surface area (Å²) in [6.45, 7) is 3.01. The van der Waals surface area contributed by atoms with Crippen molar-refractivity contribution < 1.29 is 9.59 Å². The van der Waals surface area contributed by atoms with Crippen LogP contribution in [0.3, 0.4) is 0 Å². The van der Waals surface area contributed by atoms with E-state index in [2.05, 4.69) is 5.32 Å². The number of amides is 2. The Kier molecular flexibility index (Phi) is 3.63. The van der Waals surface area contributed by atoms with Crippen molar-refractivity contribution in [2.45, 2.75) is 19.4 Å². The summed E-state index contributed by atoms with van der Waals surface area (Å²) in [4.78, 5) is 23.0. The first-order valence-electron chi connectivity index (χ1n) is 4.92. The molecule has 0 radical (unpaired) electrons. The van der Waals surface area contributed by atoms with E-state index in [9.17, 15) is 9.59 Å². The predicted octanol–water partition coefficient (Wildman–Crippen LogP) is 0.916. The van der Waals surface area contributed by atoms with Crippen molar-refractivity contribution in [3.8, 4) is 0 Å². The van der Waals surface area contributed by atoms with Crippen LogP contribution >= 0.6 is 11.6 Å². The number of carbonyl (C=O) groups is 2. The molecule has 0 aromatic heterocycles. The first kappa shape index (κ1) is 13.3. The van der Waals surface area contributed by atoms with Crippen molar-refractivity contribution in [3.63, 3.8) is 0 Å². The smallest absolute Gasteiger partial charge is 0.253 e. The van der Waals surface area contributed by atoms with Crippen molar-refractivity contribution in [1.82, 2.24) is 5.32 Å². The fourth-order valence-corrected chi connectivity index (χ4v) is 1.35. The van der Waals surface area contributed by atoms with Crippen molar-refractivity contribution >= 4 is 29.1 Å². The van der Waals surface area contributed by atoms with Crippen LogP contribution in [0.25, 0.3) is 0 Å². The quantitative estimate of drug-likeness (QED) is 0.701. The third kappa shape index (κ3) is 2.88. The number of benzene rings is 1. The van der Waals surface area contributed by atoms with Gasteiger partial charge in [-0.25, -0.2) is 0 Å². The molecule has 0 heterocycles. The minimum Gasteiger partial charge on any atom is -0.398 e. The van der Waals surface area contributed by atoms with E-state index >= 15 is 0 Å². The number of rotatable bonds is 3. The molecule has 0 saturated carbocycles. The monoisotopic (exact) mass is 255 g/mol. The van der Waals surface area contributed by atoms with Crippen molar-refractivity contribution in [3.05, 3.63) is 28.8 Å². The number of nitrogen functional groups attached to an aromatic ring is 1. The van der Waals surface area contributed by atoms with E-state index in [1.165, 1.54) is 19.9 Å². The Morgan fingerprint density at radius 3 is 2.47 bits per heavy atom. The molecule has 17 heavy (non-hydrogen) atoms. The Hall–Kier alpha value is -1.75. The van der Waals surface area contributed by atoms with Gasteiger partial charge in [0.25, 0.3) is 5.91 Å². The summed E-state index contributed by atoms with van der Waals surface area (Å²) in [7, 11) is 0. The van der Waals surface area contributed by atoms with Crippen LogP contribution in [0.15, 0.2) is 18.2 Å². The van der Waals surface area contributed by atoms with Gasteiger partial charge in [0.1, 0.15) is 5.54 Å². The molecule has 0 unspecified atom stereocenters. The van der Waals surface area contributed by atoms with Crippen molar-refractivity contribution in [2.75, 3.05) is 5.73 Å². The Morgan fingerprint density at radius 1 is 1.35 bits per heavy atom. The SMILES string of the molecule is CC(C)(NC(=O)c1cccc(N)c1Cl)C(N)=O. The summed E-state index contributed by atoms with van der Waals surface area (Å²) in [5, 5.41) is 2.64. The molecule has 2 amide bonds. The number of hydrogen-bond acceptors (Lipinski definition) is 3. The largest absolute Gasteiger partial charge is 0.398 e. The second kappa shape index (κ2) is 4.63. The number of primary amides is 1. The van der Waals surface area contributed by atoms with Crippen molar-refractivity contribution in [1.29, 1.82) is 0 Å². The van der Waals surface area contributed by atoms with Crippen molar-refractivity contribution in [2.24, 2.45) is 5.73 Å². The maximum absolute atomic E-state index is 11.9. The minimum atomic E-state index is -1.15. The van der Waals surface area contributed by atoms with Gasteiger partial charge in [-0.15, -0.1) is 0 Å². The van der Waals surface area contributed by atoms with Gasteiger partial charge in [-0.1, -0.05) is 17.7 Å². The molecular formula is C11H14ClN3O2. The van der Waals surface area contributed by atoms with Crippen LogP contribution in [-0.4, -0.2) is 17.4 Å². The van der Waals surface area contributed by atoms with Crippen LogP contribution in [-0.2, 0) is 4.79 Å². The van der Waals surface area contributed by atoms with Crippen LogP contribution in [0.4, 0.5) is 5.69 Å². The van der Waals surface area contributed by atoms with E-state index in [-0.39, 0.29) is 10.6 Å². The second-order valence-corrected chi connectivity index (χ2v) is 4.53. The highest BCUT2D eigenvalue weighted by Gasteiger charge is 2.28.